The number of methoxy groups -OCH3 is 1. The molecule has 162 valence electrons. The highest BCUT2D eigenvalue weighted by atomic mass is 35.5. The molecule has 0 bridgehead atoms. The van der Waals surface area contributed by atoms with Gasteiger partial charge in [-0.1, -0.05) is 29.8 Å². The fourth-order valence-electron chi connectivity index (χ4n) is 4.09. The first-order valence-corrected chi connectivity index (χ1v) is 10.9. The highest BCUT2D eigenvalue weighted by molar-refractivity contribution is 6.31. The van der Waals surface area contributed by atoms with E-state index >= 15 is 0 Å². The van der Waals surface area contributed by atoms with Gasteiger partial charge < -0.3 is 9.30 Å². The molecule has 8 heteroatoms. The number of hydrogen-bond acceptors (Lipinski definition) is 5. The summed E-state index contributed by atoms with van der Waals surface area (Å²) in [5.74, 6) is 2.30. The van der Waals surface area contributed by atoms with Crippen molar-refractivity contribution in [2.75, 3.05) is 7.11 Å². The second kappa shape index (κ2) is 8.59. The number of halogens is 1. The van der Waals surface area contributed by atoms with Crippen LogP contribution < -0.4 is 4.74 Å². The quantitative estimate of drug-likeness (QED) is 0.435. The molecule has 7 nitrogen and oxygen atoms in total. The van der Waals surface area contributed by atoms with E-state index in [-0.39, 0.29) is 5.92 Å². The molecule has 0 amide bonds. The standard InChI is InChI=1S/C24H23ClN6O/c1-16-14-30(15-26-16)21-11-9-17(27-24(21)32-2)10-12-22-28-23-19(7-5-13-31(23)29-22)18-6-3-4-8-20(18)25/h3-4,6,8-12,14-15,19H,5,7,13H2,1-2H3/b12-10+. The molecule has 1 aliphatic heterocycles. The minimum atomic E-state index is 0.156. The van der Waals surface area contributed by atoms with Crippen LogP contribution in [0.4, 0.5) is 0 Å². The Kier molecular flexibility index (Phi) is 5.49. The first kappa shape index (κ1) is 20.5. The van der Waals surface area contributed by atoms with Crippen molar-refractivity contribution in [3.05, 3.63) is 82.5 Å². The molecule has 0 radical (unpaired) electrons. The van der Waals surface area contributed by atoms with Crippen LogP contribution in [0.5, 0.6) is 5.88 Å². The van der Waals surface area contributed by atoms with Gasteiger partial charge in [-0.25, -0.2) is 19.6 Å². The van der Waals surface area contributed by atoms with E-state index in [0.29, 0.717) is 11.7 Å². The van der Waals surface area contributed by atoms with E-state index in [9.17, 15) is 0 Å². The van der Waals surface area contributed by atoms with Crippen LogP contribution >= 0.6 is 11.6 Å². The van der Waals surface area contributed by atoms with E-state index in [1.54, 1.807) is 13.4 Å². The van der Waals surface area contributed by atoms with Crippen molar-refractivity contribution in [3.63, 3.8) is 0 Å². The van der Waals surface area contributed by atoms with E-state index in [2.05, 4.69) is 21.1 Å². The molecule has 0 aliphatic carbocycles. The zero-order chi connectivity index (χ0) is 22.1. The van der Waals surface area contributed by atoms with E-state index in [0.717, 1.165) is 52.9 Å². The van der Waals surface area contributed by atoms with E-state index < -0.39 is 0 Å². The molecule has 3 aromatic heterocycles. The molecule has 1 atom stereocenters. The number of aryl methyl sites for hydroxylation is 2. The van der Waals surface area contributed by atoms with Gasteiger partial charge in [-0.05, 0) is 55.7 Å². The topological polar surface area (TPSA) is 70.7 Å². The van der Waals surface area contributed by atoms with Gasteiger partial charge in [-0.15, -0.1) is 0 Å². The summed E-state index contributed by atoms with van der Waals surface area (Å²) in [6.07, 6.45) is 9.53. The summed E-state index contributed by atoms with van der Waals surface area (Å²) in [7, 11) is 1.61. The molecule has 32 heavy (non-hydrogen) atoms. The third kappa shape index (κ3) is 3.91. The molecular weight excluding hydrogens is 424 g/mol. The van der Waals surface area contributed by atoms with Gasteiger partial charge in [0.15, 0.2) is 5.82 Å². The molecule has 0 saturated heterocycles. The molecule has 0 N–H and O–H groups in total. The highest BCUT2D eigenvalue weighted by Crippen LogP contribution is 2.35. The summed E-state index contributed by atoms with van der Waals surface area (Å²) >= 11 is 6.46. The third-order valence-corrected chi connectivity index (χ3v) is 5.96. The normalized spacial score (nSPS) is 15.8. The smallest absolute Gasteiger partial charge is 0.238 e. The fraction of sp³-hybridized carbons (Fsp3) is 0.250. The minimum absolute atomic E-state index is 0.156. The Balaban J connectivity index is 1.42. The Bertz CT molecular complexity index is 1290. The van der Waals surface area contributed by atoms with E-state index in [1.165, 1.54) is 0 Å². The average molecular weight is 447 g/mol. The lowest BCUT2D eigenvalue weighted by Crippen LogP contribution is -2.18. The lowest BCUT2D eigenvalue weighted by molar-refractivity contribution is 0.395. The lowest BCUT2D eigenvalue weighted by Gasteiger charge is -2.23. The molecule has 0 saturated carbocycles. The Labute approximate surface area is 191 Å². The van der Waals surface area contributed by atoms with Crippen LogP contribution in [0.2, 0.25) is 5.02 Å². The molecular formula is C24H23ClN6O. The van der Waals surface area contributed by atoms with Gasteiger partial charge in [0.1, 0.15) is 11.5 Å². The maximum atomic E-state index is 6.46. The predicted molar refractivity (Wildman–Crippen MR) is 124 cm³/mol. The lowest BCUT2D eigenvalue weighted by atomic mass is 9.91. The van der Waals surface area contributed by atoms with Gasteiger partial charge in [0.05, 0.1) is 24.8 Å². The summed E-state index contributed by atoms with van der Waals surface area (Å²) in [6.45, 7) is 2.81. The number of benzene rings is 1. The molecule has 4 aromatic rings. The largest absolute Gasteiger partial charge is 0.479 e. The van der Waals surface area contributed by atoms with Crippen LogP contribution in [0.3, 0.4) is 0 Å². The van der Waals surface area contributed by atoms with Crippen LogP contribution in [0, 0.1) is 6.92 Å². The van der Waals surface area contributed by atoms with Crippen LogP contribution in [0.25, 0.3) is 17.8 Å². The second-order valence-electron chi connectivity index (χ2n) is 7.79. The second-order valence-corrected chi connectivity index (χ2v) is 8.20. The Morgan fingerprint density at radius 2 is 2.00 bits per heavy atom. The van der Waals surface area contributed by atoms with Gasteiger partial charge in [-0.3, -0.25) is 0 Å². The van der Waals surface area contributed by atoms with Crippen LogP contribution in [-0.2, 0) is 6.54 Å². The number of ether oxygens (including phenoxy) is 1. The Morgan fingerprint density at radius 3 is 2.78 bits per heavy atom. The molecule has 1 aromatic carbocycles. The Hall–Kier alpha value is -3.45. The zero-order valence-electron chi connectivity index (χ0n) is 17.9. The van der Waals surface area contributed by atoms with Gasteiger partial charge >= 0.3 is 0 Å². The highest BCUT2D eigenvalue weighted by Gasteiger charge is 2.26. The first-order valence-electron chi connectivity index (χ1n) is 10.6. The number of imidazole rings is 1. The van der Waals surface area contributed by atoms with E-state index in [1.807, 2.05) is 64.9 Å². The van der Waals surface area contributed by atoms with Crippen molar-refractivity contribution in [1.82, 2.24) is 29.3 Å². The van der Waals surface area contributed by atoms with E-state index in [4.69, 9.17) is 21.3 Å². The summed E-state index contributed by atoms with van der Waals surface area (Å²) in [4.78, 5) is 13.7. The van der Waals surface area contributed by atoms with Crippen LogP contribution in [-0.4, -0.2) is 36.4 Å². The SMILES string of the molecule is COc1nc(/C=C/c2nc3n(n2)CCCC3c2ccccc2Cl)ccc1-n1cnc(C)c1. The average Bonchev–Trinajstić information content (AvgIpc) is 3.43. The number of aromatic nitrogens is 6. The van der Waals surface area contributed by atoms with Crippen molar-refractivity contribution >= 4 is 23.8 Å². The van der Waals surface area contributed by atoms with Crippen molar-refractivity contribution in [1.29, 1.82) is 0 Å². The number of rotatable bonds is 5. The number of hydrogen-bond donors (Lipinski definition) is 0. The maximum absolute atomic E-state index is 6.46. The zero-order valence-corrected chi connectivity index (χ0v) is 18.7. The van der Waals surface area contributed by atoms with Gasteiger partial charge in [0, 0.05) is 23.7 Å². The van der Waals surface area contributed by atoms with Crippen molar-refractivity contribution in [3.8, 4) is 11.6 Å². The number of pyridine rings is 1. The summed E-state index contributed by atoms with van der Waals surface area (Å²) in [6, 6.07) is 11.9. The summed E-state index contributed by atoms with van der Waals surface area (Å²) in [5, 5.41) is 5.46. The molecule has 0 fully saturated rings. The third-order valence-electron chi connectivity index (χ3n) is 5.62. The molecule has 0 spiro atoms. The maximum Gasteiger partial charge on any atom is 0.238 e. The molecule has 5 rings (SSSR count). The van der Waals surface area contributed by atoms with Crippen molar-refractivity contribution in [2.24, 2.45) is 0 Å². The first-order chi connectivity index (χ1) is 15.6. The minimum Gasteiger partial charge on any atom is -0.479 e. The Morgan fingerprint density at radius 1 is 1.12 bits per heavy atom. The van der Waals surface area contributed by atoms with Gasteiger partial charge in [-0.2, -0.15) is 5.10 Å². The van der Waals surface area contributed by atoms with Crippen LogP contribution in [0.1, 0.15) is 47.4 Å². The number of nitrogens with zero attached hydrogens (tertiary/aromatic N) is 6. The van der Waals surface area contributed by atoms with Crippen molar-refractivity contribution < 1.29 is 4.74 Å². The molecule has 4 heterocycles. The van der Waals surface area contributed by atoms with Crippen LogP contribution in [0.15, 0.2) is 48.9 Å². The summed E-state index contributed by atoms with van der Waals surface area (Å²) in [5.41, 5.74) is 3.64. The van der Waals surface area contributed by atoms with Crippen molar-refractivity contribution in [2.45, 2.75) is 32.2 Å². The van der Waals surface area contributed by atoms with Gasteiger partial charge in [0.25, 0.3) is 0 Å². The van der Waals surface area contributed by atoms with Gasteiger partial charge in [0.2, 0.25) is 5.88 Å². The molecule has 1 aliphatic rings. The fourth-order valence-corrected chi connectivity index (χ4v) is 4.36. The number of fused-ring (bicyclic) bond motifs is 1. The monoisotopic (exact) mass is 446 g/mol. The predicted octanol–water partition coefficient (Wildman–Crippen LogP) is 4.93. The molecule has 1 unspecified atom stereocenters. The summed E-state index contributed by atoms with van der Waals surface area (Å²) < 4.78 is 9.39.